The summed E-state index contributed by atoms with van der Waals surface area (Å²) >= 11 is 1.21. The number of carbonyl (C=O) groups excluding carboxylic acids is 1. The number of benzene rings is 2. The molecular weight excluding hydrogens is 391 g/mol. The van der Waals surface area contributed by atoms with Crippen molar-refractivity contribution in [3.05, 3.63) is 60.2 Å². The molecule has 0 N–H and O–H groups in total. The summed E-state index contributed by atoms with van der Waals surface area (Å²) < 4.78 is 0.887. The van der Waals surface area contributed by atoms with Gasteiger partial charge in [-0.15, -0.1) is 0 Å². The van der Waals surface area contributed by atoms with Gasteiger partial charge in [-0.25, -0.2) is 0 Å². The molecular formula is C15H12BOW. The summed E-state index contributed by atoms with van der Waals surface area (Å²) in [5, 5.41) is 0. The summed E-state index contributed by atoms with van der Waals surface area (Å²) in [4.78, 5) is 11.5. The molecule has 18 heavy (non-hydrogen) atoms. The molecule has 0 bridgehead atoms. The van der Waals surface area contributed by atoms with Crippen LogP contribution >= 0.6 is 0 Å². The third-order valence-corrected chi connectivity index (χ3v) is 4.47. The Bertz CT molecular complexity index is 578. The molecule has 2 rings (SSSR count). The van der Waals surface area contributed by atoms with Gasteiger partial charge in [-0.3, -0.25) is 0 Å². The van der Waals surface area contributed by atoms with Crippen LogP contribution < -0.4 is 10.9 Å². The van der Waals surface area contributed by atoms with E-state index in [2.05, 4.69) is 19.4 Å². The normalized spacial score (nSPS) is 9.83. The van der Waals surface area contributed by atoms with Gasteiger partial charge in [-0.1, -0.05) is 0 Å². The first-order valence-electron chi connectivity index (χ1n) is 5.72. The first kappa shape index (κ1) is 13.2. The third-order valence-electron chi connectivity index (χ3n) is 2.65. The van der Waals surface area contributed by atoms with Crippen LogP contribution in [0.25, 0.3) is 0 Å². The van der Waals surface area contributed by atoms with Crippen LogP contribution in [0.15, 0.2) is 54.6 Å². The van der Waals surface area contributed by atoms with Crippen molar-refractivity contribution in [3.63, 3.8) is 0 Å². The van der Waals surface area contributed by atoms with Crippen molar-refractivity contribution >= 4 is 27.9 Å². The van der Waals surface area contributed by atoms with E-state index in [4.69, 9.17) is 0 Å². The van der Waals surface area contributed by atoms with Crippen molar-refractivity contribution in [2.45, 2.75) is 6.92 Å². The Morgan fingerprint density at radius 3 is 2.28 bits per heavy atom. The molecule has 0 heterocycles. The molecule has 2 aromatic rings. The molecule has 2 aromatic carbocycles. The fraction of sp³-hybridized carbons (Fsp3) is 0.0667. The molecule has 1 radical (unpaired) electrons. The zero-order chi connectivity index (χ0) is 13.0. The molecule has 0 saturated heterocycles. The minimum atomic E-state index is 0.152. The van der Waals surface area contributed by atoms with Crippen molar-refractivity contribution in [2.75, 3.05) is 0 Å². The summed E-state index contributed by atoms with van der Waals surface area (Å²) in [5.74, 6) is 0.152. The summed E-state index contributed by atoms with van der Waals surface area (Å²) in [5.41, 5.74) is 3.30. The number of carbonyl (C=O) groups is 1. The van der Waals surface area contributed by atoms with E-state index in [0.29, 0.717) is 0 Å². The molecule has 0 amide bonds. The number of ketones is 1. The van der Waals surface area contributed by atoms with Gasteiger partial charge < -0.3 is 0 Å². The van der Waals surface area contributed by atoms with Crippen LogP contribution in [0.2, 0.25) is 0 Å². The van der Waals surface area contributed by atoms with Gasteiger partial charge in [0, 0.05) is 0 Å². The van der Waals surface area contributed by atoms with Gasteiger partial charge in [-0.05, 0) is 0 Å². The van der Waals surface area contributed by atoms with Crippen LogP contribution in [-0.2, 0) is 24.1 Å². The van der Waals surface area contributed by atoms with Gasteiger partial charge in [0.25, 0.3) is 0 Å². The number of rotatable bonds is 4. The van der Waals surface area contributed by atoms with Gasteiger partial charge in [0.05, 0.1) is 0 Å². The van der Waals surface area contributed by atoms with Crippen LogP contribution in [0, 0.1) is 0 Å². The molecule has 0 atom stereocenters. The molecule has 0 spiro atoms. The van der Waals surface area contributed by atoms with E-state index < -0.39 is 0 Å². The van der Waals surface area contributed by atoms with Crippen molar-refractivity contribution in [1.82, 2.24) is 0 Å². The van der Waals surface area contributed by atoms with E-state index in [-0.39, 0.29) is 5.78 Å². The second-order valence-corrected chi connectivity index (χ2v) is 5.49. The Labute approximate surface area is 119 Å². The fourth-order valence-electron chi connectivity index (χ4n) is 1.75. The van der Waals surface area contributed by atoms with Crippen LogP contribution in [-0.4, -0.2) is 17.0 Å². The van der Waals surface area contributed by atoms with Crippen LogP contribution in [0.4, 0.5) is 0 Å². The second kappa shape index (κ2) is 6.06. The number of hydrogen-bond acceptors (Lipinski definition) is 1. The minimum absolute atomic E-state index is 0.152. The molecule has 1 nitrogen and oxygen atoms in total. The number of Topliss-reactive ketones (excluding diaryl/α,β-unsaturated/α-hetero) is 1. The quantitative estimate of drug-likeness (QED) is 0.697. The summed E-state index contributed by atoms with van der Waals surface area (Å²) in [6.45, 7) is 1.63. The number of hydrogen-bond donors (Lipinski definition) is 0. The van der Waals surface area contributed by atoms with Gasteiger partial charge in [0.2, 0.25) is 0 Å². The van der Waals surface area contributed by atoms with E-state index in [1.165, 1.54) is 19.4 Å². The molecule has 87 valence electrons. The summed E-state index contributed by atoms with van der Waals surface area (Å²) in [7, 11) is 2.11. The fourth-order valence-corrected chi connectivity index (χ4v) is 2.42. The molecule has 0 aliphatic rings. The van der Waals surface area contributed by atoms with Crippen LogP contribution in [0.1, 0.15) is 12.5 Å². The summed E-state index contributed by atoms with van der Waals surface area (Å²) in [6, 6.07) is 18.2. The van der Waals surface area contributed by atoms with Crippen LogP contribution in [0.3, 0.4) is 0 Å². The zero-order valence-corrected chi connectivity index (χ0v) is 13.0. The molecule has 0 fully saturated rings. The van der Waals surface area contributed by atoms with Gasteiger partial charge in [0.15, 0.2) is 0 Å². The Balaban J connectivity index is 2.34. The molecule has 0 saturated carbocycles. The Hall–Kier alpha value is -1.27. The van der Waals surface area contributed by atoms with Gasteiger partial charge in [0.1, 0.15) is 0 Å². The van der Waals surface area contributed by atoms with Crippen molar-refractivity contribution in [1.29, 1.82) is 0 Å². The topological polar surface area (TPSA) is 17.1 Å². The van der Waals surface area contributed by atoms with E-state index in [0.717, 1.165) is 20.4 Å². The molecule has 0 unspecified atom stereocenters. The van der Waals surface area contributed by atoms with Gasteiger partial charge >= 0.3 is 119 Å². The molecule has 0 aromatic heterocycles. The van der Waals surface area contributed by atoms with E-state index in [1.54, 1.807) is 6.92 Å². The third kappa shape index (κ3) is 3.14. The van der Waals surface area contributed by atoms with Crippen LogP contribution in [0.5, 0.6) is 0 Å². The van der Waals surface area contributed by atoms with E-state index in [9.17, 15) is 4.79 Å². The summed E-state index contributed by atoms with van der Waals surface area (Å²) in [6.07, 6.45) is 0. The maximum atomic E-state index is 11.5. The Morgan fingerprint density at radius 1 is 1.00 bits per heavy atom. The molecule has 3 heteroatoms. The molecule has 0 aliphatic carbocycles. The second-order valence-electron chi connectivity index (χ2n) is 4.03. The molecule has 0 aliphatic heterocycles. The van der Waals surface area contributed by atoms with E-state index >= 15 is 0 Å². The van der Waals surface area contributed by atoms with Crippen molar-refractivity contribution in [2.24, 2.45) is 0 Å². The predicted molar refractivity (Wildman–Crippen MR) is 72.7 cm³/mol. The monoisotopic (exact) mass is 403 g/mol. The van der Waals surface area contributed by atoms with Gasteiger partial charge in [-0.2, -0.15) is 0 Å². The van der Waals surface area contributed by atoms with Crippen molar-refractivity contribution < 1.29 is 24.1 Å². The standard InChI is InChI=1S/C15H12BO.W/c1-12(17)11-13-7-5-6-10-15(13)16-14-8-3-2-4-9-14;/h2-10H,1H3;. The Morgan fingerprint density at radius 2 is 1.61 bits per heavy atom. The van der Waals surface area contributed by atoms with Crippen molar-refractivity contribution in [3.8, 4) is 0 Å². The van der Waals surface area contributed by atoms with E-state index in [1.807, 2.05) is 42.5 Å². The SMILES string of the molecule is CC(=O)[C](=[W])c1ccccc1[B]c1ccccc1. The first-order valence-corrected chi connectivity index (χ1v) is 7.19. The Kier molecular flexibility index (Phi) is 4.44. The maximum absolute atomic E-state index is 11.5. The average molecular weight is 403 g/mol. The zero-order valence-electron chi connectivity index (χ0n) is 10.1. The first-order chi connectivity index (χ1) is 8.68. The average Bonchev–Trinajstić information content (AvgIpc) is 2.39. The predicted octanol–water partition coefficient (Wildman–Crippen LogP) is 0.998.